The van der Waals surface area contributed by atoms with Crippen molar-refractivity contribution in [3.63, 3.8) is 0 Å². The molecule has 27 heavy (non-hydrogen) atoms. The summed E-state index contributed by atoms with van der Waals surface area (Å²) in [7, 11) is 0. The first-order chi connectivity index (χ1) is 13.1. The number of fused-ring (bicyclic) bond motifs is 1. The second-order valence-corrected chi connectivity index (χ2v) is 7.33. The molecule has 2 aromatic heterocycles. The van der Waals surface area contributed by atoms with Crippen molar-refractivity contribution in [2.24, 2.45) is 0 Å². The third kappa shape index (κ3) is 3.73. The fourth-order valence-corrected chi connectivity index (χ4v) is 3.33. The highest BCUT2D eigenvalue weighted by Crippen LogP contribution is 2.25. The van der Waals surface area contributed by atoms with Gasteiger partial charge < -0.3 is 15.4 Å². The molecule has 3 aromatic rings. The van der Waals surface area contributed by atoms with Gasteiger partial charge in [-0.05, 0) is 31.4 Å². The van der Waals surface area contributed by atoms with Crippen molar-refractivity contribution in [2.75, 3.05) is 18.4 Å². The average Bonchev–Trinajstić information content (AvgIpc) is 3.32. The van der Waals surface area contributed by atoms with Crippen molar-refractivity contribution in [3.8, 4) is 6.01 Å². The summed E-state index contributed by atoms with van der Waals surface area (Å²) in [5.74, 6) is 0.960. The van der Waals surface area contributed by atoms with Crippen LogP contribution in [0, 0.1) is 0 Å². The van der Waals surface area contributed by atoms with Crippen LogP contribution in [-0.4, -0.2) is 38.8 Å². The molecule has 1 aliphatic rings. The summed E-state index contributed by atoms with van der Waals surface area (Å²) in [6.07, 6.45) is 2.94. The molecule has 0 aliphatic carbocycles. The fraction of sp³-hybridized carbons (Fsp3) is 0.450. The summed E-state index contributed by atoms with van der Waals surface area (Å²) in [6, 6.07) is 10.8. The molecule has 0 bridgehead atoms. The Balaban J connectivity index is 1.70. The maximum absolute atomic E-state index is 6.05. The second kappa shape index (κ2) is 7.52. The smallest absolute Gasteiger partial charge is 0.322 e. The zero-order chi connectivity index (χ0) is 18.8. The second-order valence-electron chi connectivity index (χ2n) is 7.33. The van der Waals surface area contributed by atoms with Crippen LogP contribution in [-0.2, 0) is 0 Å². The van der Waals surface area contributed by atoms with Crippen LogP contribution in [0.2, 0.25) is 0 Å². The van der Waals surface area contributed by atoms with Crippen molar-refractivity contribution in [1.29, 1.82) is 0 Å². The van der Waals surface area contributed by atoms with Crippen LogP contribution in [0.3, 0.4) is 0 Å². The van der Waals surface area contributed by atoms with E-state index in [0.29, 0.717) is 17.9 Å². The first-order valence-electron chi connectivity index (χ1n) is 9.56. The van der Waals surface area contributed by atoms with Gasteiger partial charge in [-0.25, -0.2) is 0 Å². The van der Waals surface area contributed by atoms with Crippen LogP contribution in [0.1, 0.15) is 50.3 Å². The molecule has 3 heterocycles. The van der Waals surface area contributed by atoms with E-state index in [0.717, 1.165) is 30.7 Å². The van der Waals surface area contributed by atoms with Crippen LogP contribution in [0.25, 0.3) is 5.65 Å². The van der Waals surface area contributed by atoms with Gasteiger partial charge >= 0.3 is 6.01 Å². The molecule has 4 rings (SSSR count). The minimum atomic E-state index is 0.0806. The van der Waals surface area contributed by atoms with E-state index in [-0.39, 0.29) is 12.1 Å². The van der Waals surface area contributed by atoms with Crippen molar-refractivity contribution in [2.45, 2.75) is 45.3 Å². The SMILES string of the molecule is CC(C)c1cnn2c(N[C@@H](C)c3ccccc3)nc(OC3CCNC3)nc12. The van der Waals surface area contributed by atoms with Gasteiger partial charge in [-0.1, -0.05) is 44.2 Å². The van der Waals surface area contributed by atoms with Crippen LogP contribution >= 0.6 is 0 Å². The van der Waals surface area contributed by atoms with Crippen molar-refractivity contribution in [1.82, 2.24) is 24.9 Å². The van der Waals surface area contributed by atoms with E-state index in [9.17, 15) is 0 Å². The number of anilines is 1. The van der Waals surface area contributed by atoms with E-state index in [4.69, 9.17) is 4.74 Å². The molecule has 1 unspecified atom stereocenters. The largest absolute Gasteiger partial charge is 0.459 e. The van der Waals surface area contributed by atoms with Gasteiger partial charge in [0.15, 0.2) is 5.65 Å². The molecule has 1 aromatic carbocycles. The maximum atomic E-state index is 6.05. The predicted octanol–water partition coefficient (Wildman–Crippen LogP) is 3.16. The van der Waals surface area contributed by atoms with E-state index in [1.54, 1.807) is 4.52 Å². The quantitative estimate of drug-likeness (QED) is 0.698. The molecule has 1 aliphatic heterocycles. The van der Waals surface area contributed by atoms with Gasteiger partial charge in [0.2, 0.25) is 5.95 Å². The highest BCUT2D eigenvalue weighted by molar-refractivity contribution is 5.53. The monoisotopic (exact) mass is 366 g/mol. The van der Waals surface area contributed by atoms with E-state index >= 15 is 0 Å². The van der Waals surface area contributed by atoms with Crippen LogP contribution in [0.4, 0.5) is 5.95 Å². The average molecular weight is 366 g/mol. The molecule has 0 spiro atoms. The lowest BCUT2D eigenvalue weighted by Crippen LogP contribution is -2.22. The molecule has 1 fully saturated rings. The number of aromatic nitrogens is 4. The highest BCUT2D eigenvalue weighted by atomic mass is 16.5. The van der Waals surface area contributed by atoms with Crippen molar-refractivity contribution >= 4 is 11.6 Å². The molecule has 0 saturated carbocycles. The lowest BCUT2D eigenvalue weighted by atomic mass is 10.1. The van der Waals surface area contributed by atoms with Crippen LogP contribution in [0.15, 0.2) is 36.5 Å². The number of benzene rings is 1. The first-order valence-corrected chi connectivity index (χ1v) is 9.56. The fourth-order valence-electron chi connectivity index (χ4n) is 3.33. The highest BCUT2D eigenvalue weighted by Gasteiger charge is 2.21. The summed E-state index contributed by atoms with van der Waals surface area (Å²) >= 11 is 0. The predicted molar refractivity (Wildman–Crippen MR) is 105 cm³/mol. The van der Waals surface area contributed by atoms with Gasteiger partial charge in [0.1, 0.15) is 6.10 Å². The first kappa shape index (κ1) is 17.7. The van der Waals surface area contributed by atoms with Gasteiger partial charge in [-0.3, -0.25) is 0 Å². The van der Waals surface area contributed by atoms with Crippen molar-refractivity contribution < 1.29 is 4.74 Å². The summed E-state index contributed by atoms with van der Waals surface area (Å²) in [5, 5.41) is 11.3. The number of hydrogen-bond donors (Lipinski definition) is 2. The molecule has 1 saturated heterocycles. The van der Waals surface area contributed by atoms with E-state index in [2.05, 4.69) is 58.6 Å². The lowest BCUT2D eigenvalue weighted by Gasteiger charge is -2.17. The minimum absolute atomic E-state index is 0.0806. The molecule has 2 atom stereocenters. The zero-order valence-electron chi connectivity index (χ0n) is 16.0. The van der Waals surface area contributed by atoms with Crippen molar-refractivity contribution in [3.05, 3.63) is 47.7 Å². The Hall–Kier alpha value is -2.67. The molecule has 7 nitrogen and oxygen atoms in total. The Morgan fingerprint density at radius 3 is 2.70 bits per heavy atom. The molecule has 7 heteroatoms. The Labute approximate surface area is 159 Å². The standard InChI is InChI=1S/C20H26N6O/c1-13(2)17-12-22-26-18(17)24-20(27-16-9-10-21-11-16)25-19(26)23-14(3)15-7-5-4-6-8-15/h4-8,12-14,16,21H,9-11H2,1-3H3,(H,23,24,25)/t14-,16?/m0/s1. The Morgan fingerprint density at radius 1 is 1.19 bits per heavy atom. The summed E-state index contributed by atoms with van der Waals surface area (Å²) in [5.41, 5.74) is 3.06. The minimum Gasteiger partial charge on any atom is -0.459 e. The summed E-state index contributed by atoms with van der Waals surface area (Å²) < 4.78 is 7.82. The number of nitrogens with one attached hydrogen (secondary N) is 2. The normalized spacial score (nSPS) is 18.1. The van der Waals surface area contributed by atoms with Crippen LogP contribution < -0.4 is 15.4 Å². The molecule has 0 amide bonds. The number of rotatable bonds is 6. The van der Waals surface area contributed by atoms with Gasteiger partial charge in [-0.15, -0.1) is 0 Å². The van der Waals surface area contributed by atoms with Gasteiger partial charge in [0.25, 0.3) is 0 Å². The Bertz CT molecular complexity index is 901. The van der Waals surface area contributed by atoms with E-state index < -0.39 is 0 Å². The third-order valence-electron chi connectivity index (χ3n) is 4.93. The van der Waals surface area contributed by atoms with Gasteiger partial charge in [-0.2, -0.15) is 19.6 Å². The number of ether oxygens (including phenoxy) is 1. The maximum Gasteiger partial charge on any atom is 0.322 e. The lowest BCUT2D eigenvalue weighted by molar-refractivity contribution is 0.204. The van der Waals surface area contributed by atoms with Gasteiger partial charge in [0.05, 0.1) is 12.2 Å². The van der Waals surface area contributed by atoms with Crippen LogP contribution in [0.5, 0.6) is 6.01 Å². The molecule has 2 N–H and O–H groups in total. The van der Waals surface area contributed by atoms with E-state index in [1.807, 2.05) is 24.4 Å². The molecular formula is C20H26N6O. The zero-order valence-corrected chi connectivity index (χ0v) is 16.0. The Morgan fingerprint density at radius 2 is 2.00 bits per heavy atom. The molecule has 0 radical (unpaired) electrons. The molecular weight excluding hydrogens is 340 g/mol. The molecule has 142 valence electrons. The van der Waals surface area contributed by atoms with Gasteiger partial charge in [0, 0.05) is 12.1 Å². The Kier molecular flexibility index (Phi) is 4.94. The summed E-state index contributed by atoms with van der Waals surface area (Å²) in [6.45, 7) is 8.18. The third-order valence-corrected chi connectivity index (χ3v) is 4.93. The number of hydrogen-bond acceptors (Lipinski definition) is 6. The topological polar surface area (TPSA) is 76.4 Å². The summed E-state index contributed by atoms with van der Waals surface area (Å²) in [4.78, 5) is 9.29. The number of nitrogens with zero attached hydrogens (tertiary/aromatic N) is 4. The van der Waals surface area contributed by atoms with E-state index in [1.165, 1.54) is 5.56 Å².